The van der Waals surface area contributed by atoms with Gasteiger partial charge in [-0.2, -0.15) is 13.2 Å². The van der Waals surface area contributed by atoms with Crippen molar-refractivity contribution in [1.82, 2.24) is 5.32 Å². The standard InChI is InChI=1S/C15H17NO.C2HF3O2/c17-15-10-6-7-11-12(8-10)16-14(13(11)15)9-4-2-1-3-5-9;3-2(4,5)1(6)7/h1-5,10-14,16H,6-8H2;(H,6,7). The van der Waals surface area contributed by atoms with Crippen LogP contribution in [0.4, 0.5) is 13.2 Å². The molecule has 3 saturated carbocycles. The second-order valence-corrected chi connectivity index (χ2v) is 6.57. The number of halogens is 3. The van der Waals surface area contributed by atoms with E-state index in [2.05, 4.69) is 29.6 Å². The third-order valence-corrected chi connectivity index (χ3v) is 5.25. The van der Waals surface area contributed by atoms with E-state index in [1.54, 1.807) is 0 Å². The summed E-state index contributed by atoms with van der Waals surface area (Å²) in [4.78, 5) is 21.3. The van der Waals surface area contributed by atoms with Crippen LogP contribution >= 0.6 is 0 Å². The fourth-order valence-corrected chi connectivity index (χ4v) is 4.27. The summed E-state index contributed by atoms with van der Waals surface area (Å²) in [5.41, 5.74) is 1.29. The van der Waals surface area contributed by atoms with Gasteiger partial charge in [0.1, 0.15) is 5.78 Å². The second kappa shape index (κ2) is 6.20. The van der Waals surface area contributed by atoms with E-state index < -0.39 is 12.1 Å². The normalized spacial score (nSPS) is 33.8. The average molecular weight is 341 g/mol. The molecule has 3 aliphatic carbocycles. The number of ketones is 1. The SMILES string of the molecule is O=C(O)C(F)(F)F.O=C1C2CCC3C(C2)NC(c2ccccc2)C13. The van der Waals surface area contributed by atoms with Crippen molar-refractivity contribution in [3.8, 4) is 0 Å². The van der Waals surface area contributed by atoms with Crippen LogP contribution in [0.25, 0.3) is 0 Å². The molecule has 1 saturated heterocycles. The molecule has 24 heavy (non-hydrogen) atoms. The van der Waals surface area contributed by atoms with Crippen molar-refractivity contribution in [3.63, 3.8) is 0 Å². The van der Waals surface area contributed by atoms with Crippen LogP contribution < -0.4 is 5.32 Å². The smallest absolute Gasteiger partial charge is 0.475 e. The molecule has 1 heterocycles. The first-order valence-corrected chi connectivity index (χ1v) is 7.94. The number of hydrogen-bond acceptors (Lipinski definition) is 3. The lowest BCUT2D eigenvalue weighted by Crippen LogP contribution is -2.44. The van der Waals surface area contributed by atoms with Gasteiger partial charge in [-0.15, -0.1) is 0 Å². The van der Waals surface area contributed by atoms with E-state index in [9.17, 15) is 18.0 Å². The molecule has 2 N–H and O–H groups in total. The van der Waals surface area contributed by atoms with Gasteiger partial charge in [0, 0.05) is 23.9 Å². The lowest BCUT2D eigenvalue weighted by molar-refractivity contribution is -0.192. The van der Waals surface area contributed by atoms with Crippen LogP contribution in [0.15, 0.2) is 30.3 Å². The van der Waals surface area contributed by atoms with Gasteiger partial charge >= 0.3 is 12.1 Å². The van der Waals surface area contributed by atoms with Gasteiger partial charge in [0.05, 0.1) is 0 Å². The highest BCUT2D eigenvalue weighted by Crippen LogP contribution is 2.52. The predicted molar refractivity (Wildman–Crippen MR) is 79.1 cm³/mol. The first kappa shape index (κ1) is 17.0. The van der Waals surface area contributed by atoms with Gasteiger partial charge in [-0.25, -0.2) is 4.79 Å². The molecular weight excluding hydrogens is 323 g/mol. The molecule has 130 valence electrons. The quantitative estimate of drug-likeness (QED) is 0.824. The van der Waals surface area contributed by atoms with E-state index in [1.165, 1.54) is 12.0 Å². The Bertz CT molecular complexity index is 632. The van der Waals surface area contributed by atoms with Crippen LogP contribution in [-0.4, -0.2) is 29.1 Å². The molecule has 4 fully saturated rings. The molecular formula is C17H18F3NO3. The summed E-state index contributed by atoms with van der Waals surface area (Å²) in [7, 11) is 0. The number of carbonyl (C=O) groups excluding carboxylic acids is 1. The van der Waals surface area contributed by atoms with Crippen LogP contribution in [0, 0.1) is 17.8 Å². The summed E-state index contributed by atoms with van der Waals surface area (Å²) < 4.78 is 31.7. The highest BCUT2D eigenvalue weighted by Gasteiger charge is 2.56. The first-order chi connectivity index (χ1) is 11.3. The number of carboxylic acid groups (broad SMARTS) is 1. The summed E-state index contributed by atoms with van der Waals surface area (Å²) in [6.45, 7) is 0. The van der Waals surface area contributed by atoms with Crippen molar-refractivity contribution in [2.45, 2.75) is 37.5 Å². The zero-order chi connectivity index (χ0) is 17.5. The molecule has 0 spiro atoms. The van der Waals surface area contributed by atoms with Gasteiger partial charge < -0.3 is 10.4 Å². The zero-order valence-corrected chi connectivity index (χ0v) is 12.8. The topological polar surface area (TPSA) is 66.4 Å². The number of benzene rings is 1. The number of aliphatic carboxylic acids is 1. The van der Waals surface area contributed by atoms with Crippen molar-refractivity contribution in [2.24, 2.45) is 17.8 Å². The molecule has 0 radical (unpaired) electrons. The maximum Gasteiger partial charge on any atom is 0.490 e. The summed E-state index contributed by atoms with van der Waals surface area (Å²) in [6, 6.07) is 11.4. The van der Waals surface area contributed by atoms with Gasteiger partial charge in [-0.05, 0) is 30.7 Å². The van der Waals surface area contributed by atoms with E-state index in [0.29, 0.717) is 23.7 Å². The van der Waals surface area contributed by atoms with Gasteiger partial charge in [0.2, 0.25) is 0 Å². The van der Waals surface area contributed by atoms with Crippen LogP contribution in [0.1, 0.15) is 30.9 Å². The number of alkyl halides is 3. The fourth-order valence-electron chi connectivity index (χ4n) is 4.27. The molecule has 4 nitrogen and oxygen atoms in total. The lowest BCUT2D eigenvalue weighted by Gasteiger charge is -2.40. The fraction of sp³-hybridized carbons (Fsp3) is 0.529. The highest BCUT2D eigenvalue weighted by molar-refractivity contribution is 5.87. The molecule has 1 aromatic carbocycles. The second-order valence-electron chi connectivity index (χ2n) is 6.57. The van der Waals surface area contributed by atoms with Crippen molar-refractivity contribution in [2.75, 3.05) is 0 Å². The summed E-state index contributed by atoms with van der Waals surface area (Å²) >= 11 is 0. The van der Waals surface area contributed by atoms with Gasteiger partial charge in [0.25, 0.3) is 0 Å². The number of rotatable bonds is 1. The lowest BCUT2D eigenvalue weighted by atomic mass is 9.62. The summed E-state index contributed by atoms with van der Waals surface area (Å²) in [5.74, 6) is -0.993. The molecule has 5 atom stereocenters. The molecule has 1 aromatic rings. The minimum absolute atomic E-state index is 0.259. The third kappa shape index (κ3) is 3.05. The van der Waals surface area contributed by atoms with Crippen LogP contribution in [0.2, 0.25) is 0 Å². The molecule has 1 aliphatic heterocycles. The molecule has 7 heteroatoms. The molecule has 0 amide bonds. The minimum atomic E-state index is -5.08. The van der Waals surface area contributed by atoms with Crippen LogP contribution in [-0.2, 0) is 9.59 Å². The van der Waals surface area contributed by atoms with E-state index in [-0.39, 0.29) is 12.0 Å². The Balaban J connectivity index is 0.000000209. The molecule has 0 aromatic heterocycles. The Kier molecular flexibility index (Phi) is 4.38. The van der Waals surface area contributed by atoms with Crippen molar-refractivity contribution < 1.29 is 27.9 Å². The van der Waals surface area contributed by atoms with Gasteiger partial charge in [-0.3, -0.25) is 4.79 Å². The number of nitrogens with one attached hydrogen (secondary N) is 1. The molecule has 4 bridgehead atoms. The largest absolute Gasteiger partial charge is 0.490 e. The van der Waals surface area contributed by atoms with E-state index >= 15 is 0 Å². The Labute approximate surface area is 137 Å². The Hall–Kier alpha value is -1.89. The summed E-state index contributed by atoms with van der Waals surface area (Å²) in [5, 5.41) is 10.8. The van der Waals surface area contributed by atoms with Crippen LogP contribution in [0.3, 0.4) is 0 Å². The van der Waals surface area contributed by atoms with E-state index in [1.807, 2.05) is 6.07 Å². The van der Waals surface area contributed by atoms with Crippen molar-refractivity contribution >= 4 is 11.8 Å². The Morgan fingerprint density at radius 2 is 1.79 bits per heavy atom. The number of carboxylic acids is 1. The predicted octanol–water partition coefficient (Wildman–Crippen LogP) is 2.95. The maximum absolute atomic E-state index is 12.4. The number of fused-ring (bicyclic) bond motifs is 1. The van der Waals surface area contributed by atoms with Gasteiger partial charge in [-0.1, -0.05) is 30.3 Å². The highest BCUT2D eigenvalue weighted by atomic mass is 19.4. The molecule has 4 aliphatic rings. The Morgan fingerprint density at radius 1 is 1.17 bits per heavy atom. The zero-order valence-electron chi connectivity index (χ0n) is 12.8. The average Bonchev–Trinajstić information content (AvgIpc) is 2.87. The first-order valence-electron chi connectivity index (χ1n) is 7.94. The number of carbonyl (C=O) groups is 2. The summed E-state index contributed by atoms with van der Waals surface area (Å²) in [6.07, 6.45) is -1.61. The molecule has 5 unspecified atom stereocenters. The monoisotopic (exact) mass is 341 g/mol. The van der Waals surface area contributed by atoms with Crippen molar-refractivity contribution in [1.29, 1.82) is 0 Å². The van der Waals surface area contributed by atoms with Gasteiger partial charge in [0.15, 0.2) is 0 Å². The van der Waals surface area contributed by atoms with E-state index in [4.69, 9.17) is 9.90 Å². The third-order valence-electron chi connectivity index (χ3n) is 5.25. The molecule has 5 rings (SSSR count). The van der Waals surface area contributed by atoms with Crippen molar-refractivity contribution in [3.05, 3.63) is 35.9 Å². The minimum Gasteiger partial charge on any atom is -0.475 e. The number of hydrogen-bond donors (Lipinski definition) is 2. The van der Waals surface area contributed by atoms with E-state index in [0.717, 1.165) is 12.8 Å². The Morgan fingerprint density at radius 3 is 2.38 bits per heavy atom. The number of Topliss-reactive ketones (excluding diaryl/α,β-unsaturated/α-hetero) is 1. The van der Waals surface area contributed by atoms with Crippen LogP contribution in [0.5, 0.6) is 0 Å². The maximum atomic E-state index is 12.4.